The zero-order chi connectivity index (χ0) is 11.0. The monoisotopic (exact) mass is 207 g/mol. The van der Waals surface area contributed by atoms with Gasteiger partial charge in [0, 0.05) is 6.54 Å². The topological polar surface area (TPSA) is 30.7 Å². The highest BCUT2D eigenvalue weighted by atomic mass is 19.4. The zero-order valence-electron chi connectivity index (χ0n) is 8.26. The Morgan fingerprint density at radius 3 is 2.21 bits per heavy atom. The molecule has 0 amide bonds. The molecule has 0 aliphatic carbocycles. The molecular formula is C8H12F3N3. The fraction of sp³-hybridized carbons (Fsp3) is 0.750. The van der Waals surface area contributed by atoms with Crippen LogP contribution >= 0.6 is 0 Å². The van der Waals surface area contributed by atoms with E-state index >= 15 is 0 Å². The minimum Gasteiger partial charge on any atom is -0.252 e. The maximum absolute atomic E-state index is 12.1. The van der Waals surface area contributed by atoms with E-state index in [4.69, 9.17) is 0 Å². The van der Waals surface area contributed by atoms with Crippen LogP contribution in [0.5, 0.6) is 0 Å². The van der Waals surface area contributed by atoms with Gasteiger partial charge in [0.05, 0.1) is 0 Å². The van der Waals surface area contributed by atoms with Crippen LogP contribution in [0.1, 0.15) is 26.6 Å². The Kier molecular flexibility index (Phi) is 2.56. The van der Waals surface area contributed by atoms with Crippen LogP contribution in [0.15, 0.2) is 6.33 Å². The molecule has 0 saturated carbocycles. The summed E-state index contributed by atoms with van der Waals surface area (Å²) in [5, 5.41) is 3.35. The van der Waals surface area contributed by atoms with Gasteiger partial charge in [-0.1, -0.05) is 20.8 Å². The lowest BCUT2D eigenvalue weighted by Crippen LogP contribution is -2.17. The van der Waals surface area contributed by atoms with Gasteiger partial charge in [0.15, 0.2) is 0 Å². The second-order valence-corrected chi connectivity index (χ2v) is 4.32. The van der Waals surface area contributed by atoms with Crippen molar-refractivity contribution >= 4 is 0 Å². The van der Waals surface area contributed by atoms with Crippen LogP contribution in [0.2, 0.25) is 0 Å². The molecule has 80 valence electrons. The average Bonchev–Trinajstić information content (AvgIpc) is 2.29. The first kappa shape index (κ1) is 11.0. The second kappa shape index (κ2) is 3.25. The van der Waals surface area contributed by atoms with E-state index in [1.54, 1.807) is 0 Å². The number of hydrogen-bond acceptors (Lipinski definition) is 2. The van der Waals surface area contributed by atoms with Gasteiger partial charge in [-0.2, -0.15) is 13.2 Å². The highest BCUT2D eigenvalue weighted by Gasteiger charge is 2.35. The van der Waals surface area contributed by atoms with Crippen molar-refractivity contribution in [2.24, 2.45) is 5.41 Å². The van der Waals surface area contributed by atoms with Gasteiger partial charge in [0.1, 0.15) is 6.33 Å². The van der Waals surface area contributed by atoms with Crippen LogP contribution in [-0.2, 0) is 12.7 Å². The van der Waals surface area contributed by atoms with Crippen molar-refractivity contribution in [3.05, 3.63) is 12.2 Å². The van der Waals surface area contributed by atoms with E-state index in [1.807, 2.05) is 20.8 Å². The number of halogens is 3. The van der Waals surface area contributed by atoms with Gasteiger partial charge < -0.3 is 0 Å². The van der Waals surface area contributed by atoms with Crippen LogP contribution < -0.4 is 0 Å². The molecule has 3 nitrogen and oxygen atoms in total. The minimum absolute atomic E-state index is 0.115. The molecule has 14 heavy (non-hydrogen) atoms. The molecule has 0 aliphatic rings. The molecule has 6 heteroatoms. The third-order valence-corrected chi connectivity index (χ3v) is 1.43. The van der Waals surface area contributed by atoms with Crippen LogP contribution in [0.25, 0.3) is 0 Å². The largest absolute Gasteiger partial charge is 0.453 e. The summed E-state index contributed by atoms with van der Waals surface area (Å²) in [6.45, 7) is 6.17. The first-order valence-electron chi connectivity index (χ1n) is 4.15. The molecule has 0 bridgehead atoms. The number of alkyl halides is 3. The van der Waals surface area contributed by atoms with E-state index in [-0.39, 0.29) is 5.41 Å². The number of hydrogen-bond donors (Lipinski definition) is 0. The molecule has 1 aromatic heterocycles. The summed E-state index contributed by atoms with van der Waals surface area (Å²) in [5.74, 6) is -1.08. The van der Waals surface area contributed by atoms with Crippen molar-refractivity contribution in [2.45, 2.75) is 33.5 Å². The van der Waals surface area contributed by atoms with Gasteiger partial charge in [-0.05, 0) is 5.41 Å². The van der Waals surface area contributed by atoms with Crippen molar-refractivity contribution in [1.29, 1.82) is 0 Å². The number of aromatic nitrogens is 3. The first-order chi connectivity index (χ1) is 6.18. The molecule has 0 saturated heterocycles. The summed E-state index contributed by atoms with van der Waals surface area (Å²) < 4.78 is 37.5. The first-order valence-corrected chi connectivity index (χ1v) is 4.15. The Morgan fingerprint density at radius 2 is 1.86 bits per heavy atom. The van der Waals surface area contributed by atoms with Crippen LogP contribution in [-0.4, -0.2) is 14.8 Å². The van der Waals surface area contributed by atoms with Gasteiger partial charge in [0.25, 0.3) is 5.82 Å². The molecule has 1 rings (SSSR count). The molecule has 1 aromatic rings. The predicted octanol–water partition coefficient (Wildman–Crippen LogP) is 2.34. The molecule has 0 aliphatic heterocycles. The van der Waals surface area contributed by atoms with Gasteiger partial charge in [0.2, 0.25) is 0 Å². The Balaban J connectivity index is 2.79. The zero-order valence-corrected chi connectivity index (χ0v) is 8.26. The molecule has 0 spiro atoms. The van der Waals surface area contributed by atoms with Crippen LogP contribution in [0.3, 0.4) is 0 Å². The van der Waals surface area contributed by atoms with Crippen LogP contribution in [0, 0.1) is 5.41 Å². The standard InChI is InChI=1S/C8H12F3N3/c1-7(2,3)4-14-5-12-6(13-14)8(9,10)11/h5H,4H2,1-3H3. The quantitative estimate of drug-likeness (QED) is 0.707. The molecular weight excluding hydrogens is 195 g/mol. The molecule has 0 N–H and O–H groups in total. The third kappa shape index (κ3) is 3.01. The van der Waals surface area contributed by atoms with E-state index in [0.29, 0.717) is 6.54 Å². The summed E-state index contributed by atoms with van der Waals surface area (Å²) in [6.07, 6.45) is -3.35. The third-order valence-electron chi connectivity index (χ3n) is 1.43. The van der Waals surface area contributed by atoms with Crippen molar-refractivity contribution in [1.82, 2.24) is 14.8 Å². The second-order valence-electron chi connectivity index (χ2n) is 4.32. The highest BCUT2D eigenvalue weighted by Crippen LogP contribution is 2.26. The lowest BCUT2D eigenvalue weighted by molar-refractivity contribution is -0.145. The molecule has 0 aromatic carbocycles. The summed E-state index contributed by atoms with van der Waals surface area (Å²) in [6, 6.07) is 0. The normalized spacial score (nSPS) is 13.3. The Labute approximate surface area is 79.9 Å². The Bertz CT molecular complexity index is 308. The molecule has 1 heterocycles. The Hall–Kier alpha value is -1.07. The fourth-order valence-electron chi connectivity index (χ4n) is 0.987. The summed E-state index contributed by atoms with van der Waals surface area (Å²) in [4.78, 5) is 3.20. The molecule has 0 atom stereocenters. The fourth-order valence-corrected chi connectivity index (χ4v) is 0.987. The van der Waals surface area contributed by atoms with Gasteiger partial charge in [-0.3, -0.25) is 4.68 Å². The highest BCUT2D eigenvalue weighted by molar-refractivity contribution is 4.87. The summed E-state index contributed by atoms with van der Waals surface area (Å²) in [5.41, 5.74) is -0.115. The average molecular weight is 207 g/mol. The maximum atomic E-state index is 12.1. The van der Waals surface area contributed by atoms with Crippen molar-refractivity contribution in [3.63, 3.8) is 0 Å². The smallest absolute Gasteiger partial charge is 0.252 e. The van der Waals surface area contributed by atoms with Gasteiger partial charge in [-0.15, -0.1) is 5.10 Å². The molecule has 0 radical (unpaired) electrons. The van der Waals surface area contributed by atoms with E-state index in [2.05, 4.69) is 10.1 Å². The number of rotatable bonds is 1. The van der Waals surface area contributed by atoms with Crippen LogP contribution in [0.4, 0.5) is 13.2 Å². The van der Waals surface area contributed by atoms with E-state index in [1.165, 1.54) is 4.68 Å². The minimum atomic E-state index is -4.46. The predicted molar refractivity (Wildman–Crippen MR) is 44.5 cm³/mol. The van der Waals surface area contributed by atoms with Gasteiger partial charge >= 0.3 is 6.18 Å². The molecule has 0 fully saturated rings. The summed E-state index contributed by atoms with van der Waals surface area (Å²) in [7, 11) is 0. The lowest BCUT2D eigenvalue weighted by atomic mass is 9.97. The van der Waals surface area contributed by atoms with E-state index in [0.717, 1.165) is 6.33 Å². The van der Waals surface area contributed by atoms with Crippen molar-refractivity contribution in [2.75, 3.05) is 0 Å². The van der Waals surface area contributed by atoms with E-state index in [9.17, 15) is 13.2 Å². The summed E-state index contributed by atoms with van der Waals surface area (Å²) >= 11 is 0. The van der Waals surface area contributed by atoms with E-state index < -0.39 is 12.0 Å². The van der Waals surface area contributed by atoms with Crippen molar-refractivity contribution < 1.29 is 13.2 Å². The SMILES string of the molecule is CC(C)(C)Cn1cnc(C(F)(F)F)n1. The molecule has 0 unspecified atom stereocenters. The Morgan fingerprint density at radius 1 is 1.29 bits per heavy atom. The number of nitrogens with zero attached hydrogens (tertiary/aromatic N) is 3. The van der Waals surface area contributed by atoms with Gasteiger partial charge in [-0.25, -0.2) is 4.98 Å². The lowest BCUT2D eigenvalue weighted by Gasteiger charge is -2.17. The van der Waals surface area contributed by atoms with Crippen molar-refractivity contribution in [3.8, 4) is 0 Å². The maximum Gasteiger partial charge on any atom is 0.453 e.